The van der Waals surface area contributed by atoms with Crippen molar-refractivity contribution in [3.8, 4) is 0 Å². The van der Waals surface area contributed by atoms with Gasteiger partial charge in [0.05, 0.1) is 6.54 Å². The number of rotatable bonds is 5. The van der Waals surface area contributed by atoms with Gasteiger partial charge in [0.1, 0.15) is 0 Å². The van der Waals surface area contributed by atoms with Crippen LogP contribution >= 0.6 is 28.3 Å². The summed E-state index contributed by atoms with van der Waals surface area (Å²) in [7, 11) is 1.97. The molecule has 2 aromatic carbocycles. The second-order valence-electron chi connectivity index (χ2n) is 6.31. The Morgan fingerprint density at radius 1 is 1.32 bits per heavy atom. The Morgan fingerprint density at radius 3 is 2.88 bits per heavy atom. The van der Waals surface area contributed by atoms with Crippen LogP contribution in [0.4, 0.5) is 11.4 Å². The SMILES string of the molecule is Cc1cc(Br)ccc1NC(=O)CN(C)Cc1cccc2c1NCC2.Cl. The standard InChI is InChI=1S/C19H22BrN3O.ClH/c1-13-10-16(20)6-7-17(13)22-18(24)12-23(2)11-15-5-3-4-14-8-9-21-19(14)15;/h3-7,10,21H,8-9,11-12H2,1-2H3,(H,22,24);1H. The third kappa shape index (κ3) is 4.97. The summed E-state index contributed by atoms with van der Waals surface area (Å²) >= 11 is 3.44. The minimum Gasteiger partial charge on any atom is -0.384 e. The molecule has 1 heterocycles. The molecule has 0 spiro atoms. The molecule has 2 aromatic rings. The Morgan fingerprint density at radius 2 is 2.12 bits per heavy atom. The van der Waals surface area contributed by atoms with Gasteiger partial charge in [0.15, 0.2) is 0 Å². The number of nitrogens with one attached hydrogen (secondary N) is 2. The number of carbonyl (C=O) groups excluding carboxylic acids is 1. The van der Waals surface area contributed by atoms with Crippen molar-refractivity contribution in [2.24, 2.45) is 0 Å². The van der Waals surface area contributed by atoms with Crippen molar-refractivity contribution >= 4 is 45.6 Å². The van der Waals surface area contributed by atoms with Crippen molar-refractivity contribution in [1.29, 1.82) is 0 Å². The number of nitrogens with zero attached hydrogens (tertiary/aromatic N) is 1. The summed E-state index contributed by atoms with van der Waals surface area (Å²) in [5.74, 6) is 0.00320. The highest BCUT2D eigenvalue weighted by atomic mass is 79.9. The molecule has 3 rings (SSSR count). The van der Waals surface area contributed by atoms with E-state index >= 15 is 0 Å². The summed E-state index contributed by atoms with van der Waals surface area (Å²) in [6, 6.07) is 12.3. The van der Waals surface area contributed by atoms with Crippen molar-refractivity contribution in [1.82, 2.24) is 4.90 Å². The van der Waals surface area contributed by atoms with Gasteiger partial charge in [0.2, 0.25) is 5.91 Å². The summed E-state index contributed by atoms with van der Waals surface area (Å²) in [4.78, 5) is 14.3. The predicted octanol–water partition coefficient (Wildman–Crippen LogP) is 4.22. The number of para-hydroxylation sites is 1. The molecular weight excluding hydrogens is 402 g/mol. The Labute approximate surface area is 163 Å². The van der Waals surface area contributed by atoms with Gasteiger partial charge < -0.3 is 10.6 Å². The summed E-state index contributed by atoms with van der Waals surface area (Å²) in [6.07, 6.45) is 1.08. The molecule has 0 saturated carbocycles. The molecule has 0 radical (unpaired) electrons. The first-order valence-electron chi connectivity index (χ1n) is 8.12. The monoisotopic (exact) mass is 423 g/mol. The molecule has 1 aliphatic rings. The van der Waals surface area contributed by atoms with E-state index in [0.717, 1.165) is 35.2 Å². The van der Waals surface area contributed by atoms with Crippen LogP contribution < -0.4 is 10.6 Å². The van der Waals surface area contributed by atoms with E-state index in [1.807, 2.05) is 37.1 Å². The number of hydrogen-bond donors (Lipinski definition) is 2. The normalized spacial score (nSPS) is 12.3. The van der Waals surface area contributed by atoms with Crippen LogP contribution in [0.5, 0.6) is 0 Å². The lowest BCUT2D eigenvalue weighted by atomic mass is 10.1. The molecule has 0 aromatic heterocycles. The van der Waals surface area contributed by atoms with Crippen molar-refractivity contribution in [3.05, 3.63) is 57.6 Å². The number of carbonyl (C=O) groups is 1. The molecule has 0 saturated heterocycles. The lowest BCUT2D eigenvalue weighted by Crippen LogP contribution is -2.30. The number of anilines is 2. The number of aryl methyl sites for hydroxylation is 1. The minimum atomic E-state index is 0. The molecule has 0 fully saturated rings. The van der Waals surface area contributed by atoms with Crippen LogP contribution in [-0.2, 0) is 17.8 Å². The zero-order chi connectivity index (χ0) is 17.1. The molecule has 0 atom stereocenters. The van der Waals surface area contributed by atoms with Gasteiger partial charge in [-0.05, 0) is 55.3 Å². The van der Waals surface area contributed by atoms with Gasteiger partial charge in [-0.1, -0.05) is 34.1 Å². The largest absolute Gasteiger partial charge is 0.384 e. The van der Waals surface area contributed by atoms with Crippen LogP contribution in [0.15, 0.2) is 40.9 Å². The first kappa shape index (κ1) is 19.8. The van der Waals surface area contributed by atoms with E-state index in [-0.39, 0.29) is 18.3 Å². The topological polar surface area (TPSA) is 44.4 Å². The fraction of sp³-hybridized carbons (Fsp3) is 0.316. The second-order valence-corrected chi connectivity index (χ2v) is 7.22. The van der Waals surface area contributed by atoms with E-state index in [1.54, 1.807) is 0 Å². The Balaban J connectivity index is 0.00000225. The lowest BCUT2D eigenvalue weighted by Gasteiger charge is -2.19. The van der Waals surface area contributed by atoms with E-state index in [9.17, 15) is 4.79 Å². The quantitative estimate of drug-likeness (QED) is 0.755. The van der Waals surface area contributed by atoms with Crippen molar-refractivity contribution in [3.63, 3.8) is 0 Å². The molecule has 2 N–H and O–H groups in total. The van der Waals surface area contributed by atoms with Gasteiger partial charge in [-0.2, -0.15) is 0 Å². The van der Waals surface area contributed by atoms with Crippen LogP contribution in [0.3, 0.4) is 0 Å². The Kier molecular flexibility index (Phi) is 6.87. The summed E-state index contributed by atoms with van der Waals surface area (Å²) < 4.78 is 1.01. The highest BCUT2D eigenvalue weighted by Gasteiger charge is 2.16. The van der Waals surface area contributed by atoms with Gasteiger partial charge >= 0.3 is 0 Å². The Hall–Kier alpha value is -1.56. The van der Waals surface area contributed by atoms with Gasteiger partial charge in [0, 0.05) is 28.9 Å². The van der Waals surface area contributed by atoms with Crippen molar-refractivity contribution in [2.75, 3.05) is 30.8 Å². The first-order chi connectivity index (χ1) is 11.5. The number of likely N-dealkylation sites (N-methyl/N-ethyl adjacent to an activating group) is 1. The van der Waals surface area contributed by atoms with Crippen LogP contribution in [-0.4, -0.2) is 30.9 Å². The molecule has 1 amide bonds. The van der Waals surface area contributed by atoms with E-state index in [4.69, 9.17) is 0 Å². The maximum Gasteiger partial charge on any atom is 0.238 e. The first-order valence-corrected chi connectivity index (χ1v) is 8.91. The van der Waals surface area contributed by atoms with Crippen LogP contribution in [0, 0.1) is 6.92 Å². The predicted molar refractivity (Wildman–Crippen MR) is 110 cm³/mol. The van der Waals surface area contributed by atoms with Gasteiger partial charge in [-0.15, -0.1) is 12.4 Å². The van der Waals surface area contributed by atoms with E-state index in [1.165, 1.54) is 16.8 Å². The van der Waals surface area contributed by atoms with Crippen molar-refractivity contribution in [2.45, 2.75) is 19.9 Å². The molecule has 0 unspecified atom stereocenters. The zero-order valence-corrected chi connectivity index (χ0v) is 16.8. The van der Waals surface area contributed by atoms with E-state index < -0.39 is 0 Å². The minimum absolute atomic E-state index is 0. The van der Waals surface area contributed by atoms with Crippen LogP contribution in [0.2, 0.25) is 0 Å². The molecular formula is C19H23BrClN3O. The van der Waals surface area contributed by atoms with E-state index in [0.29, 0.717) is 6.54 Å². The van der Waals surface area contributed by atoms with Gasteiger partial charge in [-0.3, -0.25) is 9.69 Å². The number of benzene rings is 2. The number of fused-ring (bicyclic) bond motifs is 1. The average Bonchev–Trinajstić information content (AvgIpc) is 2.99. The molecule has 1 aliphatic heterocycles. The molecule has 6 heteroatoms. The van der Waals surface area contributed by atoms with Crippen LogP contribution in [0.1, 0.15) is 16.7 Å². The Bertz CT molecular complexity index is 766. The van der Waals surface area contributed by atoms with Gasteiger partial charge in [0.25, 0.3) is 0 Å². The maximum absolute atomic E-state index is 12.3. The number of amides is 1. The molecule has 0 bridgehead atoms. The van der Waals surface area contributed by atoms with E-state index in [2.05, 4.69) is 44.8 Å². The van der Waals surface area contributed by atoms with Crippen molar-refractivity contribution < 1.29 is 4.79 Å². The van der Waals surface area contributed by atoms with Gasteiger partial charge in [-0.25, -0.2) is 0 Å². The third-order valence-electron chi connectivity index (χ3n) is 4.25. The lowest BCUT2D eigenvalue weighted by molar-refractivity contribution is -0.117. The molecule has 4 nitrogen and oxygen atoms in total. The molecule has 25 heavy (non-hydrogen) atoms. The second kappa shape index (κ2) is 8.70. The smallest absolute Gasteiger partial charge is 0.238 e. The zero-order valence-electron chi connectivity index (χ0n) is 14.4. The maximum atomic E-state index is 12.3. The number of halogens is 2. The number of hydrogen-bond acceptors (Lipinski definition) is 3. The highest BCUT2D eigenvalue weighted by Crippen LogP contribution is 2.27. The summed E-state index contributed by atoms with van der Waals surface area (Å²) in [5.41, 5.74) is 5.77. The highest BCUT2D eigenvalue weighted by molar-refractivity contribution is 9.10. The fourth-order valence-corrected chi connectivity index (χ4v) is 3.57. The summed E-state index contributed by atoms with van der Waals surface area (Å²) in [6.45, 7) is 4.10. The fourth-order valence-electron chi connectivity index (χ4n) is 3.09. The average molecular weight is 425 g/mol. The molecule has 0 aliphatic carbocycles. The van der Waals surface area contributed by atoms with Crippen LogP contribution in [0.25, 0.3) is 0 Å². The molecule has 134 valence electrons. The summed E-state index contributed by atoms with van der Waals surface area (Å²) in [5, 5.41) is 6.44. The third-order valence-corrected chi connectivity index (χ3v) is 4.74.